The first kappa shape index (κ1) is 12.5. The fourth-order valence-electron chi connectivity index (χ4n) is 0.704. The smallest absolute Gasteiger partial charge is 0.222 e. The molecule has 0 saturated heterocycles. The lowest BCUT2D eigenvalue weighted by atomic mass is 10.2. The fourth-order valence-corrected chi connectivity index (χ4v) is 0.704. The zero-order valence-corrected chi connectivity index (χ0v) is 9.04. The van der Waals surface area contributed by atoms with Crippen LogP contribution in [0, 0.1) is 24.2 Å². The Morgan fingerprint density at radius 2 is 1.38 bits per heavy atom. The zero-order chi connectivity index (χ0) is 10.3. The van der Waals surface area contributed by atoms with E-state index in [0.717, 1.165) is 0 Å². The molecule has 76 valence electrons. The average Bonchev–Trinajstić information content (AvgIpc) is 2.04. The molecule has 0 saturated carbocycles. The predicted molar refractivity (Wildman–Crippen MR) is 54.2 cm³/mol. The Labute approximate surface area is 81.6 Å². The maximum absolute atomic E-state index is 5.34. The Hall–Kier alpha value is -0.520. The molecule has 0 aromatic heterocycles. The Balaban J connectivity index is 3.59. The third kappa shape index (κ3) is 7.83. The summed E-state index contributed by atoms with van der Waals surface area (Å²) >= 11 is 0. The minimum absolute atomic E-state index is 0.482. The van der Waals surface area contributed by atoms with Crippen molar-refractivity contribution in [1.29, 1.82) is 0 Å². The van der Waals surface area contributed by atoms with Crippen molar-refractivity contribution < 1.29 is 9.47 Å². The molecule has 0 aromatic carbocycles. The van der Waals surface area contributed by atoms with Gasteiger partial charge in [-0.05, 0) is 17.8 Å². The molecule has 0 bridgehead atoms. The molecule has 0 heterocycles. The fraction of sp³-hybridized carbons (Fsp3) is 0.818. The summed E-state index contributed by atoms with van der Waals surface area (Å²) in [4.78, 5) is 0. The van der Waals surface area contributed by atoms with Gasteiger partial charge in [0.1, 0.15) is 0 Å². The first-order valence-electron chi connectivity index (χ1n) is 4.75. The van der Waals surface area contributed by atoms with E-state index in [1.54, 1.807) is 0 Å². The summed E-state index contributed by atoms with van der Waals surface area (Å²) in [5.41, 5.74) is 0. The quantitative estimate of drug-likeness (QED) is 0.466. The van der Waals surface area contributed by atoms with E-state index in [9.17, 15) is 0 Å². The van der Waals surface area contributed by atoms with Gasteiger partial charge in [-0.3, -0.25) is 0 Å². The first-order valence-corrected chi connectivity index (χ1v) is 4.75. The molecule has 0 rings (SSSR count). The van der Waals surface area contributed by atoms with Crippen LogP contribution in [-0.2, 0) is 9.47 Å². The van der Waals surface area contributed by atoms with Gasteiger partial charge in [0.25, 0.3) is 0 Å². The second-order valence-corrected chi connectivity index (χ2v) is 3.95. The molecule has 0 unspecified atom stereocenters. The molecule has 0 aliphatic carbocycles. The summed E-state index contributed by atoms with van der Waals surface area (Å²) in [7, 11) is 0. The van der Waals surface area contributed by atoms with Crippen LogP contribution in [0.25, 0.3) is 0 Å². The molecule has 0 aromatic rings. The van der Waals surface area contributed by atoms with E-state index in [2.05, 4.69) is 33.6 Å². The van der Waals surface area contributed by atoms with Crippen LogP contribution in [0.3, 0.4) is 0 Å². The third-order valence-electron chi connectivity index (χ3n) is 1.30. The standard InChI is InChI=1S/C11H20O2/c1-6-11(12-7-9(2)3)13-8-10(4)5/h1,9-11H,7-8H2,2-5H3. The molecular formula is C11H20O2. The molecule has 0 atom stereocenters. The van der Waals surface area contributed by atoms with Crippen molar-refractivity contribution in [3.63, 3.8) is 0 Å². The topological polar surface area (TPSA) is 18.5 Å². The summed E-state index contributed by atoms with van der Waals surface area (Å²) in [6.45, 7) is 9.61. The van der Waals surface area contributed by atoms with Crippen molar-refractivity contribution in [2.75, 3.05) is 13.2 Å². The normalized spacial score (nSPS) is 11.2. The summed E-state index contributed by atoms with van der Waals surface area (Å²) in [5.74, 6) is 3.44. The molecule has 0 aliphatic heterocycles. The van der Waals surface area contributed by atoms with Gasteiger partial charge in [-0.2, -0.15) is 0 Å². The van der Waals surface area contributed by atoms with Crippen molar-refractivity contribution in [2.24, 2.45) is 11.8 Å². The highest BCUT2D eigenvalue weighted by molar-refractivity contribution is 4.89. The van der Waals surface area contributed by atoms with Crippen LogP contribution in [0.4, 0.5) is 0 Å². The number of hydrogen-bond acceptors (Lipinski definition) is 2. The minimum Gasteiger partial charge on any atom is -0.342 e. The highest BCUT2D eigenvalue weighted by Gasteiger charge is 2.07. The van der Waals surface area contributed by atoms with Crippen LogP contribution >= 0.6 is 0 Å². The van der Waals surface area contributed by atoms with E-state index >= 15 is 0 Å². The molecule has 0 aliphatic rings. The van der Waals surface area contributed by atoms with E-state index in [1.165, 1.54) is 0 Å². The molecule has 0 N–H and O–H groups in total. The van der Waals surface area contributed by atoms with Gasteiger partial charge in [-0.15, -0.1) is 6.42 Å². The first-order chi connectivity index (χ1) is 6.06. The van der Waals surface area contributed by atoms with Crippen LogP contribution < -0.4 is 0 Å². The van der Waals surface area contributed by atoms with Crippen LogP contribution in [0.5, 0.6) is 0 Å². The zero-order valence-electron chi connectivity index (χ0n) is 9.04. The lowest BCUT2D eigenvalue weighted by molar-refractivity contribution is -0.117. The average molecular weight is 184 g/mol. The SMILES string of the molecule is C#CC(OCC(C)C)OCC(C)C. The van der Waals surface area contributed by atoms with Crippen molar-refractivity contribution in [1.82, 2.24) is 0 Å². The molecule has 0 fully saturated rings. The van der Waals surface area contributed by atoms with Gasteiger partial charge in [-0.1, -0.05) is 27.7 Å². The third-order valence-corrected chi connectivity index (χ3v) is 1.30. The molecule has 0 radical (unpaired) electrons. The van der Waals surface area contributed by atoms with Gasteiger partial charge in [0.15, 0.2) is 0 Å². The Morgan fingerprint density at radius 3 is 1.62 bits per heavy atom. The highest BCUT2D eigenvalue weighted by Crippen LogP contribution is 2.02. The van der Waals surface area contributed by atoms with Crippen LogP contribution in [0.2, 0.25) is 0 Å². The van der Waals surface area contributed by atoms with Gasteiger partial charge in [0.05, 0.1) is 13.2 Å². The molecule has 13 heavy (non-hydrogen) atoms. The predicted octanol–water partition coefficient (Wildman–Crippen LogP) is 2.29. The van der Waals surface area contributed by atoms with E-state index < -0.39 is 6.29 Å². The van der Waals surface area contributed by atoms with Crippen LogP contribution in [0.15, 0.2) is 0 Å². The summed E-state index contributed by atoms with van der Waals surface area (Å²) in [5, 5.41) is 0. The van der Waals surface area contributed by atoms with Crippen molar-refractivity contribution in [3.8, 4) is 12.3 Å². The Bertz CT molecular complexity index is 144. The van der Waals surface area contributed by atoms with Gasteiger partial charge in [0.2, 0.25) is 6.29 Å². The lowest BCUT2D eigenvalue weighted by Gasteiger charge is -2.15. The van der Waals surface area contributed by atoms with Crippen LogP contribution in [0.1, 0.15) is 27.7 Å². The van der Waals surface area contributed by atoms with E-state index in [1.807, 2.05) is 0 Å². The number of terminal acetylenes is 1. The summed E-state index contributed by atoms with van der Waals surface area (Å²) < 4.78 is 10.7. The molecule has 2 heteroatoms. The minimum atomic E-state index is -0.482. The second kappa shape index (κ2) is 6.94. The Morgan fingerprint density at radius 1 is 1.00 bits per heavy atom. The molecular weight excluding hydrogens is 164 g/mol. The summed E-state index contributed by atoms with van der Waals surface area (Å²) in [6, 6.07) is 0. The van der Waals surface area contributed by atoms with Gasteiger partial charge in [-0.25, -0.2) is 0 Å². The molecule has 0 amide bonds. The molecule has 0 spiro atoms. The maximum Gasteiger partial charge on any atom is 0.222 e. The van der Waals surface area contributed by atoms with Gasteiger partial charge in [0, 0.05) is 0 Å². The maximum atomic E-state index is 5.34. The van der Waals surface area contributed by atoms with Crippen molar-refractivity contribution >= 4 is 0 Å². The second-order valence-electron chi connectivity index (χ2n) is 3.95. The number of hydrogen-bond donors (Lipinski definition) is 0. The molecule has 2 nitrogen and oxygen atoms in total. The largest absolute Gasteiger partial charge is 0.342 e. The van der Waals surface area contributed by atoms with E-state index in [0.29, 0.717) is 25.0 Å². The van der Waals surface area contributed by atoms with Crippen LogP contribution in [-0.4, -0.2) is 19.5 Å². The van der Waals surface area contributed by atoms with Crippen molar-refractivity contribution in [3.05, 3.63) is 0 Å². The lowest BCUT2D eigenvalue weighted by Crippen LogP contribution is -2.20. The van der Waals surface area contributed by atoms with E-state index in [4.69, 9.17) is 15.9 Å². The number of rotatable bonds is 6. The Kier molecular flexibility index (Phi) is 6.66. The summed E-state index contributed by atoms with van der Waals surface area (Å²) in [6.07, 6.45) is 4.76. The van der Waals surface area contributed by atoms with Gasteiger partial charge < -0.3 is 9.47 Å². The van der Waals surface area contributed by atoms with E-state index in [-0.39, 0.29) is 0 Å². The monoisotopic (exact) mass is 184 g/mol. The van der Waals surface area contributed by atoms with Crippen molar-refractivity contribution in [2.45, 2.75) is 34.0 Å². The highest BCUT2D eigenvalue weighted by atomic mass is 16.7. The number of ether oxygens (including phenoxy) is 2. The van der Waals surface area contributed by atoms with Gasteiger partial charge >= 0.3 is 0 Å².